The third-order valence-corrected chi connectivity index (χ3v) is 5.23. The Hall–Kier alpha value is -1.89. The van der Waals surface area contributed by atoms with Crippen molar-refractivity contribution in [1.82, 2.24) is 25.3 Å². The molecule has 1 unspecified atom stereocenters. The van der Waals surface area contributed by atoms with Crippen LogP contribution in [0.15, 0.2) is 36.5 Å². The number of carbonyl (C=O) groups is 1. The molecular weight excluding hydrogens is 374 g/mol. The molecule has 1 atom stereocenters. The SMILES string of the molecule is CCN(CC)Cc1cccc(CNC(=O)c2ccn(C3CCCNC3)n2)c1.Cl. The van der Waals surface area contributed by atoms with Crippen LogP contribution in [0, 0.1) is 0 Å². The summed E-state index contributed by atoms with van der Waals surface area (Å²) >= 11 is 0. The van der Waals surface area contributed by atoms with Gasteiger partial charge in [0, 0.05) is 25.8 Å². The molecule has 2 aromatic rings. The maximum Gasteiger partial charge on any atom is 0.272 e. The second-order valence-corrected chi connectivity index (χ2v) is 7.15. The summed E-state index contributed by atoms with van der Waals surface area (Å²) in [6.45, 7) is 9.87. The van der Waals surface area contributed by atoms with Crippen LogP contribution < -0.4 is 10.6 Å². The molecule has 1 aliphatic heterocycles. The van der Waals surface area contributed by atoms with Crippen molar-refractivity contribution < 1.29 is 4.79 Å². The number of nitrogens with one attached hydrogen (secondary N) is 2. The fraction of sp³-hybridized carbons (Fsp3) is 0.524. The molecule has 1 amide bonds. The number of hydrogen-bond acceptors (Lipinski definition) is 4. The molecule has 2 heterocycles. The van der Waals surface area contributed by atoms with Crippen LogP contribution in [0.25, 0.3) is 0 Å². The van der Waals surface area contributed by atoms with Crippen LogP contribution in [0.4, 0.5) is 0 Å². The van der Waals surface area contributed by atoms with Crippen molar-refractivity contribution in [2.45, 2.75) is 45.8 Å². The lowest BCUT2D eigenvalue weighted by Gasteiger charge is -2.22. The van der Waals surface area contributed by atoms with Crippen molar-refractivity contribution in [2.75, 3.05) is 26.2 Å². The number of amides is 1. The van der Waals surface area contributed by atoms with Gasteiger partial charge < -0.3 is 10.6 Å². The fourth-order valence-corrected chi connectivity index (χ4v) is 3.54. The predicted molar refractivity (Wildman–Crippen MR) is 115 cm³/mol. The lowest BCUT2D eigenvalue weighted by Crippen LogP contribution is -2.32. The van der Waals surface area contributed by atoms with Crippen LogP contribution in [0.2, 0.25) is 0 Å². The maximum absolute atomic E-state index is 12.5. The highest BCUT2D eigenvalue weighted by atomic mass is 35.5. The summed E-state index contributed by atoms with van der Waals surface area (Å²) in [5.74, 6) is -0.119. The Morgan fingerprint density at radius 3 is 2.79 bits per heavy atom. The molecule has 1 aromatic heterocycles. The van der Waals surface area contributed by atoms with E-state index in [9.17, 15) is 4.79 Å². The molecule has 154 valence electrons. The minimum absolute atomic E-state index is 0. The Kier molecular flexibility index (Phi) is 8.96. The van der Waals surface area contributed by atoms with Crippen molar-refractivity contribution in [2.24, 2.45) is 0 Å². The Labute approximate surface area is 174 Å². The predicted octanol–water partition coefficient (Wildman–Crippen LogP) is 3.00. The van der Waals surface area contributed by atoms with E-state index in [2.05, 4.69) is 58.7 Å². The summed E-state index contributed by atoms with van der Waals surface area (Å²) < 4.78 is 1.92. The number of hydrogen-bond donors (Lipinski definition) is 2. The number of piperidine rings is 1. The van der Waals surface area contributed by atoms with Gasteiger partial charge in [-0.25, -0.2) is 0 Å². The van der Waals surface area contributed by atoms with E-state index in [1.807, 2.05) is 10.9 Å². The second kappa shape index (κ2) is 11.2. The molecule has 1 aliphatic rings. The van der Waals surface area contributed by atoms with Gasteiger partial charge in [-0.05, 0) is 49.7 Å². The van der Waals surface area contributed by atoms with Gasteiger partial charge in [0.2, 0.25) is 0 Å². The highest BCUT2D eigenvalue weighted by molar-refractivity contribution is 5.92. The molecule has 0 radical (unpaired) electrons. The molecule has 1 aromatic carbocycles. The molecule has 7 heteroatoms. The van der Waals surface area contributed by atoms with E-state index in [-0.39, 0.29) is 18.3 Å². The molecule has 28 heavy (non-hydrogen) atoms. The standard InChI is InChI=1S/C21H31N5O.ClH/c1-3-25(4-2)16-18-8-5-7-17(13-18)14-23-21(27)20-10-12-26(24-20)19-9-6-11-22-15-19;/h5,7-8,10,12-13,19,22H,3-4,6,9,11,14-16H2,1-2H3,(H,23,27);1H. The average molecular weight is 406 g/mol. The quantitative estimate of drug-likeness (QED) is 0.708. The van der Waals surface area contributed by atoms with Gasteiger partial charge in [0.15, 0.2) is 0 Å². The van der Waals surface area contributed by atoms with Crippen molar-refractivity contribution in [3.63, 3.8) is 0 Å². The van der Waals surface area contributed by atoms with Gasteiger partial charge in [-0.1, -0.05) is 38.1 Å². The summed E-state index contributed by atoms with van der Waals surface area (Å²) in [4.78, 5) is 14.8. The highest BCUT2D eigenvalue weighted by Gasteiger charge is 2.17. The Morgan fingerprint density at radius 1 is 1.29 bits per heavy atom. The fourth-order valence-electron chi connectivity index (χ4n) is 3.54. The van der Waals surface area contributed by atoms with Gasteiger partial charge >= 0.3 is 0 Å². The summed E-state index contributed by atoms with van der Waals surface area (Å²) in [6, 6.07) is 10.6. The van der Waals surface area contributed by atoms with Crippen molar-refractivity contribution in [3.8, 4) is 0 Å². The first-order valence-electron chi connectivity index (χ1n) is 10.0. The molecule has 6 nitrogen and oxygen atoms in total. The van der Waals surface area contributed by atoms with E-state index in [0.717, 1.165) is 51.1 Å². The molecule has 0 saturated carbocycles. The number of rotatable bonds is 8. The molecular formula is C21H32ClN5O. The number of aromatic nitrogens is 2. The summed E-state index contributed by atoms with van der Waals surface area (Å²) in [6.07, 6.45) is 4.17. The van der Waals surface area contributed by atoms with Crippen LogP contribution in [0.1, 0.15) is 54.3 Å². The third-order valence-electron chi connectivity index (χ3n) is 5.23. The molecule has 0 spiro atoms. The molecule has 0 aliphatic carbocycles. The van der Waals surface area contributed by atoms with Crippen LogP contribution in [0.3, 0.4) is 0 Å². The first kappa shape index (κ1) is 22.4. The molecule has 0 bridgehead atoms. The van der Waals surface area contributed by atoms with Gasteiger partial charge in [0.25, 0.3) is 5.91 Å². The Balaban J connectivity index is 0.00000280. The lowest BCUT2D eigenvalue weighted by molar-refractivity contribution is 0.0944. The van der Waals surface area contributed by atoms with Gasteiger partial charge in [-0.3, -0.25) is 14.4 Å². The van der Waals surface area contributed by atoms with Gasteiger partial charge in [-0.2, -0.15) is 5.10 Å². The molecule has 1 saturated heterocycles. The summed E-state index contributed by atoms with van der Waals surface area (Å²) in [5, 5.41) is 10.9. The summed E-state index contributed by atoms with van der Waals surface area (Å²) in [7, 11) is 0. The topological polar surface area (TPSA) is 62.2 Å². The zero-order valence-electron chi connectivity index (χ0n) is 16.9. The largest absolute Gasteiger partial charge is 0.347 e. The van der Waals surface area contributed by atoms with Gasteiger partial charge in [0.1, 0.15) is 5.69 Å². The smallest absolute Gasteiger partial charge is 0.272 e. The zero-order valence-corrected chi connectivity index (χ0v) is 17.7. The third kappa shape index (κ3) is 6.06. The first-order valence-corrected chi connectivity index (χ1v) is 10.0. The summed E-state index contributed by atoms with van der Waals surface area (Å²) in [5.41, 5.74) is 2.88. The highest BCUT2D eigenvalue weighted by Crippen LogP contribution is 2.16. The molecule has 3 rings (SSSR count). The number of benzene rings is 1. The molecule has 2 N–H and O–H groups in total. The van der Waals surface area contributed by atoms with E-state index >= 15 is 0 Å². The van der Waals surface area contributed by atoms with Crippen LogP contribution in [-0.2, 0) is 13.1 Å². The van der Waals surface area contributed by atoms with Crippen LogP contribution in [0.5, 0.6) is 0 Å². The Bertz CT molecular complexity index is 738. The normalized spacial score (nSPS) is 16.6. The van der Waals surface area contributed by atoms with Crippen molar-refractivity contribution in [3.05, 3.63) is 53.3 Å². The zero-order chi connectivity index (χ0) is 19.1. The van der Waals surface area contributed by atoms with Crippen LogP contribution in [-0.4, -0.2) is 46.8 Å². The first-order chi connectivity index (χ1) is 13.2. The minimum atomic E-state index is -0.119. The van der Waals surface area contributed by atoms with E-state index in [4.69, 9.17) is 0 Å². The lowest BCUT2D eigenvalue weighted by atomic mass is 10.1. The number of halogens is 1. The Morgan fingerprint density at radius 2 is 2.07 bits per heavy atom. The van der Waals surface area contributed by atoms with E-state index in [1.54, 1.807) is 6.07 Å². The number of carbonyl (C=O) groups excluding carboxylic acids is 1. The van der Waals surface area contributed by atoms with Crippen molar-refractivity contribution >= 4 is 18.3 Å². The molecule has 1 fully saturated rings. The minimum Gasteiger partial charge on any atom is -0.347 e. The van der Waals surface area contributed by atoms with E-state index in [0.29, 0.717) is 18.3 Å². The monoisotopic (exact) mass is 405 g/mol. The second-order valence-electron chi connectivity index (χ2n) is 7.15. The van der Waals surface area contributed by atoms with E-state index < -0.39 is 0 Å². The van der Waals surface area contributed by atoms with Crippen molar-refractivity contribution in [1.29, 1.82) is 0 Å². The van der Waals surface area contributed by atoms with E-state index in [1.165, 1.54) is 5.56 Å². The average Bonchev–Trinajstić information content (AvgIpc) is 3.21. The van der Waals surface area contributed by atoms with Gasteiger partial charge in [0.05, 0.1) is 6.04 Å². The van der Waals surface area contributed by atoms with Gasteiger partial charge in [-0.15, -0.1) is 12.4 Å². The maximum atomic E-state index is 12.5. The van der Waals surface area contributed by atoms with Crippen LogP contribution >= 0.6 is 12.4 Å². The number of nitrogens with zero attached hydrogens (tertiary/aromatic N) is 3.